The predicted octanol–water partition coefficient (Wildman–Crippen LogP) is 0.794. The lowest BCUT2D eigenvalue weighted by atomic mass is 10.2. The molecule has 1 heterocycles. The molecule has 1 aromatic heterocycles. The Kier molecular flexibility index (Phi) is 4.24. The third-order valence-electron chi connectivity index (χ3n) is 2.94. The van der Waals surface area contributed by atoms with Gasteiger partial charge in [0.25, 0.3) is 5.69 Å². The van der Waals surface area contributed by atoms with Crippen LogP contribution in [0, 0.1) is 10.1 Å². The number of aromatic nitrogens is 3. The highest BCUT2D eigenvalue weighted by Gasteiger charge is 2.13. The fraction of sp³-hybridized carbons (Fsp3) is 0.250. The predicted molar refractivity (Wildman–Crippen MR) is 73.8 cm³/mol. The lowest BCUT2D eigenvalue weighted by Crippen LogP contribution is -2.31. The maximum atomic E-state index is 11.2. The van der Waals surface area contributed by atoms with Gasteiger partial charge in [0.05, 0.1) is 17.4 Å². The monoisotopic (exact) mass is 290 g/mol. The van der Waals surface area contributed by atoms with Crippen molar-refractivity contribution in [3.8, 4) is 11.4 Å². The number of hydrazine groups is 1. The number of carbonyl (C=O) groups is 1. The van der Waals surface area contributed by atoms with Crippen LogP contribution in [0.15, 0.2) is 30.6 Å². The van der Waals surface area contributed by atoms with Gasteiger partial charge in [-0.1, -0.05) is 0 Å². The summed E-state index contributed by atoms with van der Waals surface area (Å²) in [7, 11) is 0. The second-order valence-corrected chi connectivity index (χ2v) is 4.47. The molecule has 0 aliphatic rings. The van der Waals surface area contributed by atoms with Gasteiger partial charge in [-0.2, -0.15) is 5.10 Å². The first-order chi connectivity index (χ1) is 10.0. The van der Waals surface area contributed by atoms with Crippen molar-refractivity contribution in [2.24, 2.45) is 5.84 Å². The lowest BCUT2D eigenvalue weighted by molar-refractivity contribution is -0.384. The van der Waals surface area contributed by atoms with Crippen molar-refractivity contribution in [3.05, 3.63) is 40.7 Å². The largest absolute Gasteiger partial charge is 0.294 e. The van der Waals surface area contributed by atoms with Gasteiger partial charge in [-0.05, 0) is 19.1 Å². The molecule has 0 saturated carbocycles. The molecule has 0 bridgehead atoms. The molecule has 1 aromatic carbocycles. The number of nitrogens with two attached hydrogens (primary N) is 1. The SMILES string of the molecule is CC(CC(=O)NN)n1cnc(-c2ccc([N+](=O)[O-])cc2)n1. The molecule has 1 amide bonds. The maximum Gasteiger partial charge on any atom is 0.269 e. The van der Waals surface area contributed by atoms with Crippen LogP contribution in [0.4, 0.5) is 5.69 Å². The number of nitro groups is 1. The Morgan fingerprint density at radius 1 is 1.48 bits per heavy atom. The summed E-state index contributed by atoms with van der Waals surface area (Å²) in [5.74, 6) is 5.17. The van der Waals surface area contributed by atoms with Crippen molar-refractivity contribution < 1.29 is 9.72 Å². The van der Waals surface area contributed by atoms with Gasteiger partial charge in [0.15, 0.2) is 5.82 Å². The van der Waals surface area contributed by atoms with Crippen molar-refractivity contribution in [2.75, 3.05) is 0 Å². The Bertz CT molecular complexity index is 651. The van der Waals surface area contributed by atoms with Gasteiger partial charge in [0.2, 0.25) is 5.91 Å². The minimum Gasteiger partial charge on any atom is -0.294 e. The third-order valence-corrected chi connectivity index (χ3v) is 2.94. The summed E-state index contributed by atoms with van der Waals surface area (Å²) in [5.41, 5.74) is 2.72. The van der Waals surface area contributed by atoms with Gasteiger partial charge in [0.1, 0.15) is 6.33 Å². The normalized spacial score (nSPS) is 11.9. The van der Waals surface area contributed by atoms with Crippen molar-refractivity contribution in [1.82, 2.24) is 20.2 Å². The zero-order chi connectivity index (χ0) is 15.4. The third kappa shape index (κ3) is 3.39. The fourth-order valence-electron chi connectivity index (χ4n) is 1.77. The van der Waals surface area contributed by atoms with Gasteiger partial charge < -0.3 is 0 Å². The molecule has 0 spiro atoms. The van der Waals surface area contributed by atoms with Crippen molar-refractivity contribution in [1.29, 1.82) is 0 Å². The Labute approximate surface area is 119 Å². The van der Waals surface area contributed by atoms with E-state index in [0.29, 0.717) is 11.4 Å². The average molecular weight is 290 g/mol. The quantitative estimate of drug-likeness (QED) is 0.362. The molecule has 21 heavy (non-hydrogen) atoms. The van der Waals surface area contributed by atoms with Crippen LogP contribution in [0.25, 0.3) is 11.4 Å². The number of hydrogen-bond donors (Lipinski definition) is 2. The zero-order valence-corrected chi connectivity index (χ0v) is 11.3. The van der Waals surface area contributed by atoms with E-state index < -0.39 is 4.92 Å². The molecule has 0 saturated heterocycles. The molecule has 1 atom stereocenters. The molecule has 0 radical (unpaired) electrons. The number of non-ortho nitro benzene ring substituents is 1. The average Bonchev–Trinajstić information content (AvgIpc) is 2.97. The van der Waals surface area contributed by atoms with Gasteiger partial charge in [0, 0.05) is 17.7 Å². The van der Waals surface area contributed by atoms with E-state index in [4.69, 9.17) is 5.84 Å². The summed E-state index contributed by atoms with van der Waals surface area (Å²) < 4.78 is 1.55. The molecule has 110 valence electrons. The molecule has 0 aliphatic carbocycles. The summed E-state index contributed by atoms with van der Waals surface area (Å²) in [6, 6.07) is 5.74. The number of carbonyl (C=O) groups excluding carboxylic acids is 1. The molecular weight excluding hydrogens is 276 g/mol. The van der Waals surface area contributed by atoms with E-state index in [1.807, 2.05) is 6.92 Å². The highest BCUT2D eigenvalue weighted by atomic mass is 16.6. The summed E-state index contributed by atoms with van der Waals surface area (Å²) in [4.78, 5) is 25.5. The Morgan fingerprint density at radius 2 is 2.14 bits per heavy atom. The standard InChI is InChI=1S/C12H14N6O3/c1-8(6-11(19)15-13)17-7-14-12(16-17)9-2-4-10(5-3-9)18(20)21/h2-5,7-8H,6,13H2,1H3,(H,15,19). The van der Waals surface area contributed by atoms with Crippen LogP contribution in [-0.4, -0.2) is 25.6 Å². The number of benzene rings is 1. The highest BCUT2D eigenvalue weighted by molar-refractivity contribution is 5.75. The fourth-order valence-corrected chi connectivity index (χ4v) is 1.77. The number of nitrogens with zero attached hydrogens (tertiary/aromatic N) is 4. The Hall–Kier alpha value is -2.81. The molecule has 9 heteroatoms. The minimum atomic E-state index is -0.469. The van der Waals surface area contributed by atoms with Gasteiger partial charge >= 0.3 is 0 Å². The number of nitrogens with one attached hydrogen (secondary N) is 1. The second-order valence-electron chi connectivity index (χ2n) is 4.47. The van der Waals surface area contributed by atoms with Crippen LogP contribution >= 0.6 is 0 Å². The molecule has 1 unspecified atom stereocenters. The van der Waals surface area contributed by atoms with E-state index in [1.165, 1.54) is 18.5 Å². The van der Waals surface area contributed by atoms with Crippen LogP contribution in [0.2, 0.25) is 0 Å². The van der Waals surface area contributed by atoms with Crippen LogP contribution in [0.5, 0.6) is 0 Å². The summed E-state index contributed by atoms with van der Waals surface area (Å²) in [6.07, 6.45) is 1.69. The van der Waals surface area contributed by atoms with Gasteiger partial charge in [-0.25, -0.2) is 15.5 Å². The first-order valence-corrected chi connectivity index (χ1v) is 6.16. The van der Waals surface area contributed by atoms with Crippen molar-refractivity contribution in [2.45, 2.75) is 19.4 Å². The molecule has 2 rings (SSSR count). The smallest absolute Gasteiger partial charge is 0.269 e. The Morgan fingerprint density at radius 3 is 2.71 bits per heavy atom. The second kappa shape index (κ2) is 6.09. The van der Waals surface area contributed by atoms with Crippen molar-refractivity contribution >= 4 is 11.6 Å². The molecule has 0 aliphatic heterocycles. The molecule has 2 aromatic rings. The number of hydrogen-bond acceptors (Lipinski definition) is 6. The molecule has 0 fully saturated rings. The van der Waals surface area contributed by atoms with Gasteiger partial charge in [-0.15, -0.1) is 0 Å². The van der Waals surface area contributed by atoms with E-state index >= 15 is 0 Å². The van der Waals surface area contributed by atoms with Crippen LogP contribution in [-0.2, 0) is 4.79 Å². The topological polar surface area (TPSA) is 129 Å². The summed E-state index contributed by atoms with van der Waals surface area (Å²) >= 11 is 0. The van der Waals surface area contributed by atoms with Crippen LogP contribution in [0.3, 0.4) is 0 Å². The molecular formula is C12H14N6O3. The first kappa shape index (κ1) is 14.6. The van der Waals surface area contributed by atoms with Crippen LogP contribution in [0.1, 0.15) is 19.4 Å². The van der Waals surface area contributed by atoms with E-state index in [1.54, 1.807) is 16.8 Å². The lowest BCUT2D eigenvalue weighted by Gasteiger charge is -2.09. The van der Waals surface area contributed by atoms with E-state index in [9.17, 15) is 14.9 Å². The maximum absolute atomic E-state index is 11.2. The molecule has 9 nitrogen and oxygen atoms in total. The first-order valence-electron chi connectivity index (χ1n) is 6.16. The summed E-state index contributed by atoms with van der Waals surface area (Å²) in [5, 5.41) is 14.9. The summed E-state index contributed by atoms with van der Waals surface area (Å²) in [6.45, 7) is 1.81. The van der Waals surface area contributed by atoms with Crippen LogP contribution < -0.4 is 11.3 Å². The van der Waals surface area contributed by atoms with E-state index in [2.05, 4.69) is 15.5 Å². The van der Waals surface area contributed by atoms with E-state index in [-0.39, 0.29) is 24.1 Å². The minimum absolute atomic E-state index is 0.00571. The molecule has 3 N–H and O–H groups in total. The Balaban J connectivity index is 2.15. The van der Waals surface area contributed by atoms with E-state index in [0.717, 1.165) is 0 Å². The number of rotatable bonds is 5. The highest BCUT2D eigenvalue weighted by Crippen LogP contribution is 2.20. The number of nitro benzene ring substituents is 1. The van der Waals surface area contributed by atoms with Crippen molar-refractivity contribution in [3.63, 3.8) is 0 Å². The van der Waals surface area contributed by atoms with Gasteiger partial charge in [-0.3, -0.25) is 20.3 Å². The zero-order valence-electron chi connectivity index (χ0n) is 11.3. The number of amides is 1.